The number of benzene rings is 2. The molecule has 3 aromatic rings. The molecule has 0 aliphatic carbocycles. The number of amides is 2. The molecule has 31 heavy (non-hydrogen) atoms. The second-order valence-electron chi connectivity index (χ2n) is 6.41. The van der Waals surface area contributed by atoms with Crippen LogP contribution in [0.3, 0.4) is 0 Å². The first-order valence-corrected chi connectivity index (χ1v) is 9.45. The first-order chi connectivity index (χ1) is 14.8. The first-order valence-electron chi connectivity index (χ1n) is 9.08. The summed E-state index contributed by atoms with van der Waals surface area (Å²) in [6.07, 6.45) is 1.52. The summed E-state index contributed by atoms with van der Waals surface area (Å²) in [4.78, 5) is 32.3. The monoisotopic (exact) mass is 446 g/mol. The number of carbonyl (C=O) groups excluding carboxylic acids is 2. The Morgan fingerprint density at radius 1 is 1.13 bits per heavy atom. The number of halogens is 3. The van der Waals surface area contributed by atoms with E-state index in [2.05, 4.69) is 27.2 Å². The highest BCUT2D eigenvalue weighted by Crippen LogP contribution is 2.20. The summed E-state index contributed by atoms with van der Waals surface area (Å²) in [5.74, 6) is -1.88. The van der Waals surface area contributed by atoms with Crippen LogP contribution in [0.15, 0.2) is 54.9 Å². The Bertz CT molecular complexity index is 1160. The Morgan fingerprint density at radius 2 is 1.94 bits per heavy atom. The SMILES string of the molecule is C=C(CCNC(=O)c1cnc2cc(F)ccc2n1)NC(=O)COc1ccc(Cl)c(F)c1. The van der Waals surface area contributed by atoms with Gasteiger partial charge in [0.25, 0.3) is 11.8 Å². The Morgan fingerprint density at radius 3 is 2.71 bits per heavy atom. The maximum absolute atomic E-state index is 13.3. The van der Waals surface area contributed by atoms with E-state index in [0.29, 0.717) is 16.7 Å². The van der Waals surface area contributed by atoms with Crippen LogP contribution in [0.1, 0.15) is 16.9 Å². The minimum Gasteiger partial charge on any atom is -0.484 e. The zero-order chi connectivity index (χ0) is 22.4. The van der Waals surface area contributed by atoms with Gasteiger partial charge in [0, 0.05) is 30.8 Å². The van der Waals surface area contributed by atoms with Gasteiger partial charge in [-0.15, -0.1) is 0 Å². The highest BCUT2D eigenvalue weighted by atomic mass is 35.5. The Kier molecular flexibility index (Phi) is 7.09. The van der Waals surface area contributed by atoms with Crippen LogP contribution >= 0.6 is 11.6 Å². The van der Waals surface area contributed by atoms with E-state index in [1.807, 2.05) is 0 Å². The number of hydrogen-bond donors (Lipinski definition) is 2. The predicted octanol–water partition coefficient (Wildman–Crippen LogP) is 3.39. The van der Waals surface area contributed by atoms with E-state index in [1.54, 1.807) is 0 Å². The van der Waals surface area contributed by atoms with E-state index in [9.17, 15) is 18.4 Å². The smallest absolute Gasteiger partial charge is 0.271 e. The molecule has 0 fully saturated rings. The van der Waals surface area contributed by atoms with Gasteiger partial charge in [0.15, 0.2) is 6.61 Å². The molecule has 1 aromatic heterocycles. The second-order valence-corrected chi connectivity index (χ2v) is 6.82. The minimum atomic E-state index is -0.650. The summed E-state index contributed by atoms with van der Waals surface area (Å²) in [5.41, 5.74) is 1.18. The summed E-state index contributed by atoms with van der Waals surface area (Å²) < 4.78 is 31.7. The Hall–Kier alpha value is -3.59. The van der Waals surface area contributed by atoms with Gasteiger partial charge in [-0.1, -0.05) is 18.2 Å². The lowest BCUT2D eigenvalue weighted by molar-refractivity contribution is -0.122. The van der Waals surface area contributed by atoms with E-state index in [0.717, 1.165) is 6.07 Å². The lowest BCUT2D eigenvalue weighted by atomic mass is 10.2. The maximum Gasteiger partial charge on any atom is 0.271 e. The molecule has 10 heteroatoms. The molecule has 0 spiro atoms. The molecule has 0 aliphatic rings. The van der Waals surface area contributed by atoms with Gasteiger partial charge in [-0.05, 0) is 24.3 Å². The summed E-state index contributed by atoms with van der Waals surface area (Å²) in [7, 11) is 0. The van der Waals surface area contributed by atoms with E-state index < -0.39 is 23.4 Å². The number of aromatic nitrogens is 2. The van der Waals surface area contributed by atoms with Crippen LogP contribution in [0, 0.1) is 11.6 Å². The molecular weight excluding hydrogens is 430 g/mol. The third kappa shape index (κ3) is 6.19. The average molecular weight is 447 g/mol. The van der Waals surface area contributed by atoms with Gasteiger partial charge in [-0.2, -0.15) is 0 Å². The summed E-state index contributed by atoms with van der Waals surface area (Å²) in [6, 6.07) is 7.74. The fourth-order valence-corrected chi connectivity index (χ4v) is 2.64. The van der Waals surface area contributed by atoms with Crippen molar-refractivity contribution >= 4 is 34.4 Å². The fourth-order valence-electron chi connectivity index (χ4n) is 2.52. The van der Waals surface area contributed by atoms with Crippen molar-refractivity contribution in [3.05, 3.63) is 77.2 Å². The standard InChI is InChI=1S/C21H17ClF2N4O3/c1-12(27-20(29)11-31-14-3-4-15(22)16(24)9-14)6-7-25-21(30)19-10-26-18-8-13(23)2-5-17(18)28-19/h2-5,8-10H,1,6-7,11H2,(H,25,30)(H,27,29). The van der Waals surface area contributed by atoms with Crippen molar-refractivity contribution in [3.8, 4) is 5.75 Å². The van der Waals surface area contributed by atoms with Gasteiger partial charge >= 0.3 is 0 Å². The van der Waals surface area contributed by atoms with Crippen molar-refractivity contribution in [2.45, 2.75) is 6.42 Å². The number of fused-ring (bicyclic) bond motifs is 1. The molecule has 1 heterocycles. The molecule has 0 atom stereocenters. The van der Waals surface area contributed by atoms with Crippen molar-refractivity contribution in [1.29, 1.82) is 0 Å². The molecule has 0 radical (unpaired) electrons. The van der Waals surface area contributed by atoms with Gasteiger partial charge < -0.3 is 15.4 Å². The number of hydrogen-bond acceptors (Lipinski definition) is 5. The van der Waals surface area contributed by atoms with Crippen molar-refractivity contribution in [2.75, 3.05) is 13.2 Å². The lowest BCUT2D eigenvalue weighted by Gasteiger charge is -2.10. The second kappa shape index (κ2) is 9.94. The largest absolute Gasteiger partial charge is 0.484 e. The lowest BCUT2D eigenvalue weighted by Crippen LogP contribution is -2.31. The minimum absolute atomic E-state index is 0.0456. The van der Waals surface area contributed by atoms with Crippen LogP contribution in [0.4, 0.5) is 8.78 Å². The van der Waals surface area contributed by atoms with E-state index >= 15 is 0 Å². The van der Waals surface area contributed by atoms with E-state index in [1.165, 1.54) is 36.5 Å². The van der Waals surface area contributed by atoms with Gasteiger partial charge in [-0.25, -0.2) is 13.8 Å². The van der Waals surface area contributed by atoms with Crippen molar-refractivity contribution in [1.82, 2.24) is 20.6 Å². The summed E-state index contributed by atoms with van der Waals surface area (Å²) in [6.45, 7) is 3.55. The van der Waals surface area contributed by atoms with Crippen molar-refractivity contribution in [2.24, 2.45) is 0 Å². The molecule has 2 amide bonds. The van der Waals surface area contributed by atoms with Crippen LogP contribution in [0.2, 0.25) is 5.02 Å². The van der Waals surface area contributed by atoms with E-state index in [-0.39, 0.29) is 36.0 Å². The quantitative estimate of drug-likeness (QED) is 0.553. The molecular formula is C21H17ClF2N4O3. The molecule has 0 saturated carbocycles. The molecule has 7 nitrogen and oxygen atoms in total. The van der Waals surface area contributed by atoms with Gasteiger partial charge in [0.2, 0.25) is 0 Å². The van der Waals surface area contributed by atoms with Gasteiger partial charge in [0.1, 0.15) is 23.1 Å². The Balaban J connectivity index is 1.42. The number of nitrogens with one attached hydrogen (secondary N) is 2. The number of nitrogens with zero attached hydrogens (tertiary/aromatic N) is 2. The highest BCUT2D eigenvalue weighted by Gasteiger charge is 2.11. The van der Waals surface area contributed by atoms with Crippen LogP contribution in [-0.4, -0.2) is 34.9 Å². The van der Waals surface area contributed by atoms with Crippen LogP contribution in [0.25, 0.3) is 11.0 Å². The fraction of sp³-hybridized carbons (Fsp3) is 0.143. The molecule has 2 N–H and O–H groups in total. The summed E-state index contributed by atoms with van der Waals surface area (Å²) >= 11 is 5.58. The van der Waals surface area contributed by atoms with E-state index in [4.69, 9.17) is 16.3 Å². The molecule has 0 unspecified atom stereocenters. The highest BCUT2D eigenvalue weighted by molar-refractivity contribution is 6.30. The zero-order valence-corrected chi connectivity index (χ0v) is 16.9. The number of rotatable bonds is 8. The third-order valence-corrected chi connectivity index (χ3v) is 4.33. The molecule has 2 aromatic carbocycles. The van der Waals surface area contributed by atoms with Crippen molar-refractivity contribution < 1.29 is 23.1 Å². The normalized spacial score (nSPS) is 10.5. The molecule has 0 bridgehead atoms. The third-order valence-electron chi connectivity index (χ3n) is 4.03. The predicted molar refractivity (Wildman–Crippen MR) is 111 cm³/mol. The van der Waals surface area contributed by atoms with Gasteiger partial charge in [-0.3, -0.25) is 14.6 Å². The number of carbonyl (C=O) groups is 2. The molecule has 3 rings (SSSR count). The van der Waals surface area contributed by atoms with Crippen molar-refractivity contribution in [3.63, 3.8) is 0 Å². The first kappa shape index (κ1) is 22.1. The topological polar surface area (TPSA) is 93.2 Å². The van der Waals surface area contributed by atoms with Crippen LogP contribution < -0.4 is 15.4 Å². The average Bonchev–Trinajstić information content (AvgIpc) is 2.74. The Labute approximate surface area is 181 Å². The molecule has 0 aliphatic heterocycles. The van der Waals surface area contributed by atoms with Gasteiger partial charge in [0.05, 0.1) is 22.3 Å². The molecule has 0 saturated heterocycles. The number of ether oxygens (including phenoxy) is 1. The molecule has 160 valence electrons. The van der Waals surface area contributed by atoms with Crippen LogP contribution in [0.5, 0.6) is 5.75 Å². The maximum atomic E-state index is 13.3. The summed E-state index contributed by atoms with van der Waals surface area (Å²) in [5, 5.41) is 5.12. The zero-order valence-electron chi connectivity index (χ0n) is 16.1. The van der Waals surface area contributed by atoms with Crippen LogP contribution in [-0.2, 0) is 4.79 Å².